The van der Waals surface area contributed by atoms with E-state index in [9.17, 15) is 9.90 Å². The molecule has 1 saturated heterocycles. The molecule has 7 heteroatoms. The lowest BCUT2D eigenvalue weighted by atomic mass is 10.1. The second-order valence-electron chi connectivity index (χ2n) is 5.17. The molecule has 0 saturated carbocycles. The van der Waals surface area contributed by atoms with Crippen molar-refractivity contribution in [2.75, 3.05) is 26.7 Å². The van der Waals surface area contributed by atoms with Crippen LogP contribution in [0.2, 0.25) is 0 Å². The van der Waals surface area contributed by atoms with Crippen LogP contribution in [0.3, 0.4) is 0 Å². The number of benzene rings is 1. The number of hydrogen-bond donors (Lipinski definition) is 3. The van der Waals surface area contributed by atoms with E-state index in [2.05, 4.69) is 10.6 Å². The Hall–Kier alpha value is -0.950. The van der Waals surface area contributed by atoms with Crippen LogP contribution in [-0.2, 0) is 4.79 Å². The number of nitrogens with one attached hydrogen (secondary N) is 2. The predicted octanol–water partition coefficient (Wildman–Crippen LogP) is 1.29. The van der Waals surface area contributed by atoms with E-state index >= 15 is 0 Å². The maximum atomic E-state index is 12.1. The van der Waals surface area contributed by atoms with Gasteiger partial charge in [0.15, 0.2) is 0 Å². The number of β-amino-alcohol motifs (C(OH)–C–C–N with tert-alkyl or cyclic N) is 1. The zero-order valence-electron chi connectivity index (χ0n) is 12.7. The second kappa shape index (κ2) is 9.25. The van der Waals surface area contributed by atoms with Crippen molar-refractivity contribution in [2.45, 2.75) is 23.2 Å². The monoisotopic (exact) mass is 346 g/mol. The number of methoxy groups -OCH3 is 1. The highest BCUT2D eigenvalue weighted by molar-refractivity contribution is 8.00. The highest BCUT2D eigenvalue weighted by Gasteiger charge is 2.25. The summed E-state index contributed by atoms with van der Waals surface area (Å²) in [5.41, 5.74) is 0. The van der Waals surface area contributed by atoms with E-state index in [1.54, 1.807) is 7.11 Å². The van der Waals surface area contributed by atoms with Crippen LogP contribution < -0.4 is 15.4 Å². The van der Waals surface area contributed by atoms with Gasteiger partial charge in [-0.2, -0.15) is 0 Å². The predicted molar refractivity (Wildman–Crippen MR) is 90.9 cm³/mol. The van der Waals surface area contributed by atoms with E-state index in [1.807, 2.05) is 31.2 Å². The van der Waals surface area contributed by atoms with Gasteiger partial charge in [-0.15, -0.1) is 24.2 Å². The maximum Gasteiger partial charge on any atom is 0.233 e. The van der Waals surface area contributed by atoms with Gasteiger partial charge in [-0.3, -0.25) is 4.79 Å². The van der Waals surface area contributed by atoms with Gasteiger partial charge in [0.25, 0.3) is 0 Å². The minimum Gasteiger partial charge on any atom is -0.497 e. The van der Waals surface area contributed by atoms with Gasteiger partial charge < -0.3 is 20.5 Å². The number of carbonyl (C=O) groups excluding carboxylic acids is 1. The van der Waals surface area contributed by atoms with E-state index in [0.717, 1.165) is 17.2 Å². The molecule has 1 amide bonds. The van der Waals surface area contributed by atoms with Gasteiger partial charge in [-0.05, 0) is 31.2 Å². The Kier molecular flexibility index (Phi) is 8.03. The maximum absolute atomic E-state index is 12.1. The minimum atomic E-state index is -0.366. The highest BCUT2D eigenvalue weighted by atomic mass is 35.5. The minimum absolute atomic E-state index is 0. The van der Waals surface area contributed by atoms with Gasteiger partial charge in [0, 0.05) is 30.4 Å². The Morgan fingerprint density at radius 1 is 1.45 bits per heavy atom. The third-order valence-electron chi connectivity index (χ3n) is 3.58. The molecule has 0 radical (unpaired) electrons. The fourth-order valence-electron chi connectivity index (χ4n) is 2.21. The van der Waals surface area contributed by atoms with Crippen molar-refractivity contribution >= 4 is 30.1 Å². The fourth-order valence-corrected chi connectivity index (χ4v) is 3.11. The number of hydrogen-bond acceptors (Lipinski definition) is 5. The molecule has 22 heavy (non-hydrogen) atoms. The molecule has 3 atom stereocenters. The van der Waals surface area contributed by atoms with Crippen LogP contribution in [-0.4, -0.2) is 49.1 Å². The molecule has 2 rings (SSSR count). The fraction of sp³-hybridized carbons (Fsp3) is 0.533. The van der Waals surface area contributed by atoms with Gasteiger partial charge in [-0.1, -0.05) is 0 Å². The van der Waals surface area contributed by atoms with E-state index in [4.69, 9.17) is 4.74 Å². The van der Waals surface area contributed by atoms with Gasteiger partial charge in [0.05, 0.1) is 18.5 Å². The largest absolute Gasteiger partial charge is 0.497 e. The molecule has 0 bridgehead atoms. The number of carbonyl (C=O) groups is 1. The zero-order valence-corrected chi connectivity index (χ0v) is 14.4. The summed E-state index contributed by atoms with van der Waals surface area (Å²) in [5.74, 6) is 0.904. The van der Waals surface area contributed by atoms with E-state index in [-0.39, 0.29) is 35.6 Å². The van der Waals surface area contributed by atoms with Crippen LogP contribution in [0.4, 0.5) is 0 Å². The standard InChI is InChI=1S/C15H22N2O3S.ClH/c1-10(21-13-5-3-12(20-2)4-6-13)15(19)17-8-11-7-16-9-14(11)18;/h3-6,10-11,14,16,18H,7-9H2,1-2H3,(H,17,19);1H. The molecular weight excluding hydrogens is 324 g/mol. The summed E-state index contributed by atoms with van der Waals surface area (Å²) in [7, 11) is 1.63. The van der Waals surface area contributed by atoms with Crippen LogP contribution >= 0.6 is 24.2 Å². The van der Waals surface area contributed by atoms with Crippen LogP contribution in [0, 0.1) is 5.92 Å². The lowest BCUT2D eigenvalue weighted by Gasteiger charge is -2.16. The summed E-state index contributed by atoms with van der Waals surface area (Å²) >= 11 is 1.51. The Labute approximate surface area is 141 Å². The van der Waals surface area contributed by atoms with Crippen molar-refractivity contribution in [3.8, 4) is 5.75 Å². The summed E-state index contributed by atoms with van der Waals surface area (Å²) in [6, 6.07) is 7.65. The molecule has 3 N–H and O–H groups in total. The molecule has 1 aliphatic heterocycles. The zero-order chi connectivity index (χ0) is 15.2. The summed E-state index contributed by atoms with van der Waals surface area (Å²) in [5, 5.41) is 15.5. The molecule has 0 spiro atoms. The lowest BCUT2D eigenvalue weighted by molar-refractivity contribution is -0.120. The first-order valence-corrected chi connectivity index (χ1v) is 7.95. The van der Waals surface area contributed by atoms with Crippen molar-refractivity contribution < 1.29 is 14.6 Å². The van der Waals surface area contributed by atoms with Crippen LogP contribution in [0.1, 0.15) is 6.92 Å². The first-order valence-electron chi connectivity index (χ1n) is 7.07. The van der Waals surface area contributed by atoms with Crippen molar-refractivity contribution in [3.63, 3.8) is 0 Å². The van der Waals surface area contributed by atoms with Crippen LogP contribution in [0.15, 0.2) is 29.2 Å². The molecule has 5 nitrogen and oxygen atoms in total. The number of rotatable bonds is 6. The third-order valence-corrected chi connectivity index (χ3v) is 4.70. The molecular formula is C15H23ClN2O3S. The van der Waals surface area contributed by atoms with E-state index in [1.165, 1.54) is 11.8 Å². The smallest absolute Gasteiger partial charge is 0.233 e. The third kappa shape index (κ3) is 5.35. The number of halogens is 1. The molecule has 124 valence electrons. The molecule has 1 aromatic carbocycles. The van der Waals surface area contributed by atoms with Crippen LogP contribution in [0.25, 0.3) is 0 Å². The lowest BCUT2D eigenvalue weighted by Crippen LogP contribution is -2.38. The van der Waals surface area contributed by atoms with Crippen molar-refractivity contribution in [1.82, 2.24) is 10.6 Å². The van der Waals surface area contributed by atoms with Crippen molar-refractivity contribution in [3.05, 3.63) is 24.3 Å². The summed E-state index contributed by atoms with van der Waals surface area (Å²) in [4.78, 5) is 13.1. The summed E-state index contributed by atoms with van der Waals surface area (Å²) < 4.78 is 5.11. The SMILES string of the molecule is COc1ccc(SC(C)C(=O)NCC2CNCC2O)cc1.Cl. The molecule has 1 heterocycles. The Morgan fingerprint density at radius 3 is 2.68 bits per heavy atom. The average Bonchev–Trinajstić information content (AvgIpc) is 2.90. The number of ether oxygens (including phenoxy) is 1. The van der Waals surface area contributed by atoms with E-state index < -0.39 is 0 Å². The van der Waals surface area contributed by atoms with Crippen molar-refractivity contribution in [2.24, 2.45) is 5.92 Å². The molecule has 0 aliphatic carbocycles. The van der Waals surface area contributed by atoms with E-state index in [0.29, 0.717) is 13.1 Å². The Morgan fingerprint density at radius 2 is 2.14 bits per heavy atom. The molecule has 1 aliphatic rings. The number of thioether (sulfide) groups is 1. The molecule has 3 unspecified atom stereocenters. The highest BCUT2D eigenvalue weighted by Crippen LogP contribution is 2.25. The number of amides is 1. The molecule has 0 aromatic heterocycles. The van der Waals surface area contributed by atoms with Gasteiger partial charge in [0.1, 0.15) is 5.75 Å². The van der Waals surface area contributed by atoms with Gasteiger partial charge in [0.2, 0.25) is 5.91 Å². The summed E-state index contributed by atoms with van der Waals surface area (Å²) in [6.45, 7) is 3.76. The Bertz CT molecular complexity index is 472. The van der Waals surface area contributed by atoms with Gasteiger partial charge in [-0.25, -0.2) is 0 Å². The Balaban J connectivity index is 0.00000242. The van der Waals surface area contributed by atoms with Gasteiger partial charge >= 0.3 is 0 Å². The number of aliphatic hydroxyl groups is 1. The second-order valence-corrected chi connectivity index (χ2v) is 6.58. The topological polar surface area (TPSA) is 70.6 Å². The molecule has 1 aromatic rings. The van der Waals surface area contributed by atoms with Crippen molar-refractivity contribution in [1.29, 1.82) is 0 Å². The molecule has 1 fully saturated rings. The summed E-state index contributed by atoms with van der Waals surface area (Å²) in [6.07, 6.45) is -0.366. The first-order chi connectivity index (χ1) is 10.1. The normalized spacial score (nSPS) is 21.8. The van der Waals surface area contributed by atoms with Crippen LogP contribution in [0.5, 0.6) is 5.75 Å². The number of aliphatic hydroxyl groups excluding tert-OH is 1. The quantitative estimate of drug-likeness (QED) is 0.677. The first kappa shape index (κ1) is 19.1. The average molecular weight is 347 g/mol.